The topological polar surface area (TPSA) is 20.9 Å². The second-order valence-corrected chi connectivity index (χ2v) is 5.62. The van der Waals surface area contributed by atoms with Gasteiger partial charge < -0.3 is 0 Å². The van der Waals surface area contributed by atoms with Crippen molar-refractivity contribution in [2.75, 3.05) is 0 Å². The van der Waals surface area contributed by atoms with Crippen molar-refractivity contribution < 1.29 is 9.36 Å². The first-order chi connectivity index (χ1) is 11.2. The van der Waals surface area contributed by atoms with Gasteiger partial charge in [0.05, 0.1) is 0 Å². The maximum Gasteiger partial charge on any atom is 0.191 e. The molecule has 3 aromatic rings. The summed E-state index contributed by atoms with van der Waals surface area (Å²) in [5.74, 6) is 0.0941. The number of carbonyl (C=O) groups excluding carboxylic acids is 1. The number of benzene rings is 2. The number of Topliss-reactive ketones (excluding diaryl/α,β-unsaturated/α-hetero) is 1. The molecule has 0 saturated carbocycles. The maximum absolute atomic E-state index is 11.3. The molecule has 23 heavy (non-hydrogen) atoms. The van der Waals surface area contributed by atoms with E-state index in [0.29, 0.717) is 0 Å². The van der Waals surface area contributed by atoms with Crippen LogP contribution in [0.15, 0.2) is 79.1 Å². The fourth-order valence-electron chi connectivity index (χ4n) is 2.53. The molecule has 0 spiro atoms. The molecular weight excluding hydrogens is 281 g/mol. The van der Waals surface area contributed by atoms with Crippen LogP contribution in [0.4, 0.5) is 0 Å². The van der Waals surface area contributed by atoms with Gasteiger partial charge in [0.25, 0.3) is 0 Å². The van der Waals surface area contributed by atoms with Gasteiger partial charge in [-0.3, -0.25) is 4.79 Å². The Morgan fingerprint density at radius 3 is 2.30 bits per heavy atom. The zero-order valence-electron chi connectivity index (χ0n) is 13.1. The molecule has 0 aliphatic rings. The lowest BCUT2D eigenvalue weighted by Gasteiger charge is -2.03. The average Bonchev–Trinajstić information content (AvgIpc) is 2.57. The zero-order chi connectivity index (χ0) is 16.1. The lowest BCUT2D eigenvalue weighted by atomic mass is 9.64. The molecule has 0 saturated heterocycles. The van der Waals surface area contributed by atoms with Crippen LogP contribution in [0.3, 0.4) is 0 Å². The number of ketones is 1. The molecule has 3 rings (SSSR count). The van der Waals surface area contributed by atoms with Crippen LogP contribution in [-0.4, -0.2) is 13.1 Å². The van der Waals surface area contributed by atoms with Crippen molar-refractivity contribution in [1.82, 2.24) is 0 Å². The van der Waals surface area contributed by atoms with Crippen LogP contribution in [0.1, 0.15) is 22.8 Å². The SMILES string of the molecule is CC(=O)c1cc[n+](Cc2cccc([B]c3ccccc3)c2)cc1. The van der Waals surface area contributed by atoms with Crippen LogP contribution in [0.5, 0.6) is 0 Å². The smallest absolute Gasteiger partial charge is 0.191 e. The number of nitrogens with zero attached hydrogens (tertiary/aromatic N) is 1. The van der Waals surface area contributed by atoms with Gasteiger partial charge in [0.15, 0.2) is 32.0 Å². The van der Waals surface area contributed by atoms with E-state index >= 15 is 0 Å². The van der Waals surface area contributed by atoms with Crippen molar-refractivity contribution in [3.8, 4) is 0 Å². The van der Waals surface area contributed by atoms with Crippen LogP contribution < -0.4 is 15.5 Å². The van der Waals surface area contributed by atoms with E-state index < -0.39 is 0 Å². The van der Waals surface area contributed by atoms with E-state index in [1.54, 1.807) is 6.92 Å². The van der Waals surface area contributed by atoms with Crippen LogP contribution in [0, 0.1) is 0 Å². The highest BCUT2D eigenvalue weighted by Crippen LogP contribution is 1.99. The number of hydrogen-bond acceptors (Lipinski definition) is 1. The lowest BCUT2D eigenvalue weighted by molar-refractivity contribution is -0.688. The maximum atomic E-state index is 11.3. The van der Waals surface area contributed by atoms with Gasteiger partial charge in [-0.05, 0) is 6.92 Å². The molecule has 0 bridgehead atoms. The quantitative estimate of drug-likeness (QED) is 0.400. The van der Waals surface area contributed by atoms with Gasteiger partial charge in [-0.25, -0.2) is 4.57 Å². The average molecular weight is 299 g/mol. The number of hydrogen-bond donors (Lipinski definition) is 0. The fourth-order valence-corrected chi connectivity index (χ4v) is 2.53. The molecule has 0 aliphatic heterocycles. The summed E-state index contributed by atoms with van der Waals surface area (Å²) in [6, 6.07) is 22.5. The van der Waals surface area contributed by atoms with E-state index in [1.165, 1.54) is 16.5 Å². The van der Waals surface area contributed by atoms with E-state index in [1.807, 2.05) is 42.7 Å². The van der Waals surface area contributed by atoms with Gasteiger partial charge in [0.2, 0.25) is 0 Å². The Hall–Kier alpha value is -2.68. The third-order valence-electron chi connectivity index (χ3n) is 3.75. The molecule has 111 valence electrons. The molecule has 2 aromatic carbocycles. The highest BCUT2D eigenvalue weighted by molar-refractivity contribution is 6.67. The van der Waals surface area contributed by atoms with Crippen LogP contribution >= 0.6 is 0 Å². The summed E-state index contributed by atoms with van der Waals surface area (Å²) in [6.45, 7) is 2.37. The van der Waals surface area contributed by atoms with Crippen molar-refractivity contribution in [2.45, 2.75) is 13.5 Å². The highest BCUT2D eigenvalue weighted by atomic mass is 16.1. The zero-order valence-corrected chi connectivity index (χ0v) is 13.1. The Labute approximate surface area is 137 Å². The van der Waals surface area contributed by atoms with Gasteiger partial charge in [-0.15, -0.1) is 0 Å². The predicted molar refractivity (Wildman–Crippen MR) is 93.6 cm³/mol. The molecule has 2 nitrogen and oxygen atoms in total. The molecule has 0 amide bonds. The van der Waals surface area contributed by atoms with Crippen LogP contribution in [-0.2, 0) is 6.54 Å². The van der Waals surface area contributed by atoms with Crippen molar-refractivity contribution >= 4 is 24.0 Å². The summed E-state index contributed by atoms with van der Waals surface area (Å²) >= 11 is 0. The summed E-state index contributed by atoms with van der Waals surface area (Å²) in [5.41, 5.74) is 4.36. The fraction of sp³-hybridized carbons (Fsp3) is 0.100. The summed E-state index contributed by atoms with van der Waals surface area (Å²) in [5, 5.41) is 0. The Bertz CT molecular complexity index is 797. The first kappa shape index (κ1) is 15.2. The summed E-state index contributed by atoms with van der Waals surface area (Å²) in [4.78, 5) is 11.3. The minimum atomic E-state index is 0.0941. The number of aromatic nitrogens is 1. The summed E-state index contributed by atoms with van der Waals surface area (Å²) in [6.07, 6.45) is 3.90. The molecule has 0 N–H and O–H groups in total. The Morgan fingerprint density at radius 1 is 0.913 bits per heavy atom. The first-order valence-electron chi connectivity index (χ1n) is 7.69. The van der Waals surface area contributed by atoms with Gasteiger partial charge in [-0.1, -0.05) is 65.5 Å². The van der Waals surface area contributed by atoms with Gasteiger partial charge in [0, 0.05) is 23.3 Å². The van der Waals surface area contributed by atoms with Gasteiger partial charge >= 0.3 is 0 Å². The number of carbonyl (C=O) groups is 1. The minimum Gasteiger partial charge on any atom is -0.295 e. The molecular formula is C20H18BNO+. The molecule has 1 radical (unpaired) electrons. The van der Waals surface area contributed by atoms with Gasteiger partial charge in [0.1, 0.15) is 0 Å². The van der Waals surface area contributed by atoms with E-state index in [2.05, 4.69) is 48.2 Å². The molecule has 0 fully saturated rings. The lowest BCUT2D eigenvalue weighted by Crippen LogP contribution is -2.34. The molecule has 0 aliphatic carbocycles. The van der Waals surface area contributed by atoms with Crippen molar-refractivity contribution in [2.24, 2.45) is 0 Å². The molecule has 0 unspecified atom stereocenters. The number of rotatable bonds is 5. The normalized spacial score (nSPS) is 10.3. The van der Waals surface area contributed by atoms with Gasteiger partial charge in [-0.2, -0.15) is 0 Å². The largest absolute Gasteiger partial charge is 0.295 e. The number of pyridine rings is 1. The molecule has 1 heterocycles. The van der Waals surface area contributed by atoms with E-state index in [0.717, 1.165) is 12.1 Å². The third kappa shape index (κ3) is 4.16. The van der Waals surface area contributed by atoms with Crippen molar-refractivity contribution in [3.05, 3.63) is 90.3 Å². The second kappa shape index (κ2) is 7.06. The van der Waals surface area contributed by atoms with Crippen LogP contribution in [0.25, 0.3) is 0 Å². The van der Waals surface area contributed by atoms with E-state index in [4.69, 9.17) is 0 Å². The molecule has 1 aromatic heterocycles. The van der Waals surface area contributed by atoms with E-state index in [-0.39, 0.29) is 5.78 Å². The Morgan fingerprint density at radius 2 is 1.61 bits per heavy atom. The standard InChI is InChI=1S/C20H18BNO/c1-16(23)18-10-12-22(13-11-18)15-17-6-5-9-20(14-17)21-19-7-3-2-4-8-19/h2-14H,15H2,1H3/q+1. The molecule has 0 atom stereocenters. The second-order valence-electron chi connectivity index (χ2n) is 5.62. The minimum absolute atomic E-state index is 0.0941. The Kier molecular flexibility index (Phi) is 4.67. The third-order valence-corrected chi connectivity index (χ3v) is 3.75. The first-order valence-corrected chi connectivity index (χ1v) is 7.69. The van der Waals surface area contributed by atoms with Crippen molar-refractivity contribution in [1.29, 1.82) is 0 Å². The summed E-state index contributed by atoms with van der Waals surface area (Å²) < 4.78 is 2.08. The Balaban J connectivity index is 1.73. The molecule has 3 heteroatoms. The highest BCUT2D eigenvalue weighted by Gasteiger charge is 2.06. The predicted octanol–water partition coefficient (Wildman–Crippen LogP) is 1.88. The van der Waals surface area contributed by atoms with E-state index in [9.17, 15) is 4.79 Å². The summed E-state index contributed by atoms with van der Waals surface area (Å²) in [7, 11) is 2.17. The van der Waals surface area contributed by atoms with Crippen LogP contribution in [0.2, 0.25) is 0 Å². The monoisotopic (exact) mass is 299 g/mol. The van der Waals surface area contributed by atoms with Crippen molar-refractivity contribution in [3.63, 3.8) is 0 Å².